The minimum absolute atomic E-state index is 0.0567. The smallest absolute Gasteiger partial charge is 0.325 e. The van der Waals surface area contributed by atoms with Gasteiger partial charge < -0.3 is 19.9 Å². The summed E-state index contributed by atoms with van der Waals surface area (Å²) in [6, 6.07) is 9.93. The first kappa shape index (κ1) is 31.9. The molecule has 1 aliphatic carbocycles. The van der Waals surface area contributed by atoms with E-state index in [-0.39, 0.29) is 44.0 Å². The van der Waals surface area contributed by atoms with Gasteiger partial charge in [0.2, 0.25) is 10.0 Å². The molecule has 1 atom stereocenters. The highest BCUT2D eigenvalue weighted by Crippen LogP contribution is 2.54. The average Bonchev–Trinajstić information content (AvgIpc) is 3.79. The molecule has 2 aromatic heterocycles. The van der Waals surface area contributed by atoms with Crippen LogP contribution in [0.2, 0.25) is 0 Å². The Labute approximate surface area is 266 Å². The van der Waals surface area contributed by atoms with E-state index in [2.05, 4.69) is 24.9 Å². The molecule has 2 aliphatic heterocycles. The second kappa shape index (κ2) is 12.3. The molecule has 1 unspecified atom stereocenters. The Morgan fingerprint density at radius 3 is 2.37 bits per heavy atom. The van der Waals surface area contributed by atoms with Gasteiger partial charge in [-0.25, -0.2) is 22.2 Å². The number of fused-ring (bicyclic) bond motifs is 1. The maximum absolute atomic E-state index is 13.9. The minimum atomic E-state index is -4.13. The number of rotatable bonds is 9. The number of nitrogens with zero attached hydrogens (tertiary/aromatic N) is 4. The second-order valence-electron chi connectivity index (χ2n) is 12.5. The number of halogens is 2. The van der Waals surface area contributed by atoms with Gasteiger partial charge >= 0.3 is 5.97 Å². The van der Waals surface area contributed by atoms with E-state index in [4.69, 9.17) is 4.74 Å². The van der Waals surface area contributed by atoms with Crippen LogP contribution in [0, 0.1) is 5.41 Å². The van der Waals surface area contributed by atoms with E-state index < -0.39 is 33.1 Å². The third-order valence-electron chi connectivity index (χ3n) is 9.31. The number of nitrogens with one attached hydrogen (secondary N) is 2. The molecule has 0 bridgehead atoms. The molecule has 11 nitrogen and oxygen atoms in total. The fourth-order valence-electron chi connectivity index (χ4n) is 6.17. The summed E-state index contributed by atoms with van der Waals surface area (Å²) >= 11 is 0. The van der Waals surface area contributed by atoms with Gasteiger partial charge in [0.15, 0.2) is 11.1 Å². The predicted molar refractivity (Wildman–Crippen MR) is 172 cm³/mol. The third-order valence-corrected chi connectivity index (χ3v) is 11.0. The molecule has 2 N–H and O–H groups in total. The fraction of sp³-hybridized carbons (Fsp3) is 0.500. The number of anilines is 4. The van der Waals surface area contributed by atoms with Crippen molar-refractivity contribution in [3.63, 3.8) is 0 Å². The van der Waals surface area contributed by atoms with Gasteiger partial charge in [-0.1, -0.05) is 6.07 Å². The van der Waals surface area contributed by atoms with Crippen LogP contribution in [0.4, 0.5) is 31.8 Å². The van der Waals surface area contributed by atoms with Gasteiger partial charge in [0.25, 0.3) is 11.8 Å². The van der Waals surface area contributed by atoms with Crippen LogP contribution in [-0.4, -0.2) is 74.2 Å². The molecule has 2 saturated heterocycles. The summed E-state index contributed by atoms with van der Waals surface area (Å²) in [7, 11) is -4.13. The number of benzene rings is 1. The minimum Gasteiger partial charge on any atom is -0.465 e. The maximum atomic E-state index is 13.9. The Morgan fingerprint density at radius 1 is 1.00 bits per heavy atom. The molecule has 1 amide bonds. The summed E-state index contributed by atoms with van der Waals surface area (Å²) in [6.07, 6.45) is 5.36. The van der Waals surface area contributed by atoms with E-state index in [1.165, 1.54) is 25.8 Å². The van der Waals surface area contributed by atoms with Gasteiger partial charge in [0.05, 0.1) is 23.5 Å². The van der Waals surface area contributed by atoms with Crippen molar-refractivity contribution in [2.75, 3.05) is 52.6 Å². The third kappa shape index (κ3) is 6.72. The molecule has 3 fully saturated rings. The average molecular weight is 657 g/mol. The lowest BCUT2D eigenvalue weighted by Gasteiger charge is -2.35. The Morgan fingerprint density at radius 2 is 1.70 bits per heavy atom. The van der Waals surface area contributed by atoms with Crippen molar-refractivity contribution in [1.29, 1.82) is 0 Å². The van der Waals surface area contributed by atoms with Crippen LogP contribution in [-0.2, 0) is 19.6 Å². The van der Waals surface area contributed by atoms with Crippen molar-refractivity contribution >= 4 is 55.8 Å². The SMILES string of the molecule is CCOC(=O)C(C)S(=O)(=O)Nc1ccc(C(=O)Nc2cc3cccnc3c(N3CCC(F)(F)CC3)n2)c(N2CCC3(CC2)CC3)c1. The van der Waals surface area contributed by atoms with Gasteiger partial charge in [-0.05, 0) is 75.3 Å². The summed E-state index contributed by atoms with van der Waals surface area (Å²) in [6.45, 7) is 4.55. The van der Waals surface area contributed by atoms with E-state index in [0.29, 0.717) is 46.5 Å². The van der Waals surface area contributed by atoms with Gasteiger partial charge in [-0.15, -0.1) is 0 Å². The molecule has 6 rings (SSSR count). The number of hydrogen-bond acceptors (Lipinski definition) is 9. The van der Waals surface area contributed by atoms with Crippen LogP contribution < -0.4 is 19.8 Å². The van der Waals surface area contributed by atoms with Crippen molar-refractivity contribution in [2.24, 2.45) is 5.41 Å². The Bertz CT molecular complexity index is 1750. The molecule has 3 aliphatic rings. The Balaban J connectivity index is 1.30. The zero-order chi connectivity index (χ0) is 32.7. The standard InChI is InChI=1S/C32H38F2N6O5S/c1-3-45-30(42)21(2)46(43,44)38-23-6-7-24(25(20-23)39-15-10-31(8-9-31)11-16-39)29(41)37-26-19-22-5-4-14-35-27(22)28(36-26)40-17-12-32(33,34)13-18-40/h4-7,14,19-21,38H,3,8-13,15-18H2,1-2H3,(H,36,37,41). The molecule has 246 valence electrons. The Hall–Kier alpha value is -4.07. The van der Waals surface area contributed by atoms with Crippen LogP contribution in [0.25, 0.3) is 10.9 Å². The monoisotopic (exact) mass is 656 g/mol. The lowest BCUT2D eigenvalue weighted by molar-refractivity contribution is -0.142. The number of aromatic nitrogens is 2. The van der Waals surface area contributed by atoms with Gasteiger partial charge in [0, 0.05) is 50.6 Å². The second-order valence-corrected chi connectivity index (χ2v) is 14.5. The van der Waals surface area contributed by atoms with E-state index >= 15 is 0 Å². The van der Waals surface area contributed by atoms with Crippen molar-refractivity contribution < 1.29 is 31.5 Å². The lowest BCUT2D eigenvalue weighted by Crippen LogP contribution is -2.40. The number of amides is 1. The van der Waals surface area contributed by atoms with Gasteiger partial charge in [0.1, 0.15) is 11.3 Å². The molecule has 46 heavy (non-hydrogen) atoms. The number of piperidine rings is 2. The molecule has 0 radical (unpaired) electrons. The van der Waals surface area contributed by atoms with E-state index in [9.17, 15) is 26.8 Å². The maximum Gasteiger partial charge on any atom is 0.325 e. The summed E-state index contributed by atoms with van der Waals surface area (Å²) in [5, 5.41) is 2.16. The number of pyridine rings is 2. The van der Waals surface area contributed by atoms with Crippen LogP contribution >= 0.6 is 0 Å². The predicted octanol–water partition coefficient (Wildman–Crippen LogP) is 5.19. The van der Waals surface area contributed by atoms with E-state index in [1.807, 2.05) is 6.07 Å². The fourth-order valence-corrected chi connectivity index (χ4v) is 7.12. The highest BCUT2D eigenvalue weighted by molar-refractivity contribution is 7.94. The number of carbonyl (C=O) groups excluding carboxylic acids is 2. The number of ether oxygens (including phenoxy) is 1. The molecule has 1 spiro atoms. The quantitative estimate of drug-likeness (QED) is 0.299. The first-order chi connectivity index (χ1) is 21.9. The molecule has 1 saturated carbocycles. The highest BCUT2D eigenvalue weighted by Gasteiger charge is 2.45. The Kier molecular flexibility index (Phi) is 8.51. The number of esters is 1. The van der Waals surface area contributed by atoms with Gasteiger partial charge in [-0.3, -0.25) is 19.3 Å². The molecular formula is C32H38F2N6O5S. The van der Waals surface area contributed by atoms with Crippen molar-refractivity contribution in [3.05, 3.63) is 48.2 Å². The topological polar surface area (TPSA) is 134 Å². The summed E-state index contributed by atoms with van der Waals surface area (Å²) < 4.78 is 61.2. The van der Waals surface area contributed by atoms with E-state index in [1.54, 1.807) is 42.3 Å². The summed E-state index contributed by atoms with van der Waals surface area (Å²) in [5.41, 5.74) is 2.01. The molecule has 4 heterocycles. The van der Waals surface area contributed by atoms with Crippen LogP contribution in [0.15, 0.2) is 42.6 Å². The molecule has 1 aromatic carbocycles. The number of alkyl halides is 2. The highest BCUT2D eigenvalue weighted by atomic mass is 32.2. The zero-order valence-corrected chi connectivity index (χ0v) is 26.7. The van der Waals surface area contributed by atoms with Crippen molar-refractivity contribution in [3.8, 4) is 0 Å². The normalized spacial score (nSPS) is 19.5. The van der Waals surface area contributed by atoms with E-state index in [0.717, 1.165) is 12.8 Å². The molecule has 14 heteroatoms. The largest absolute Gasteiger partial charge is 0.465 e. The first-order valence-corrected chi connectivity index (χ1v) is 17.2. The number of hydrogen-bond donors (Lipinski definition) is 2. The zero-order valence-electron chi connectivity index (χ0n) is 25.9. The van der Waals surface area contributed by atoms with Crippen LogP contribution in [0.5, 0.6) is 0 Å². The first-order valence-electron chi connectivity index (χ1n) is 15.7. The van der Waals surface area contributed by atoms with Gasteiger partial charge in [-0.2, -0.15) is 0 Å². The van der Waals surface area contributed by atoms with Crippen molar-refractivity contribution in [2.45, 2.75) is 63.5 Å². The molecule has 3 aromatic rings. The van der Waals surface area contributed by atoms with Crippen LogP contribution in [0.1, 0.15) is 62.7 Å². The summed E-state index contributed by atoms with van der Waals surface area (Å²) in [4.78, 5) is 39.0. The van der Waals surface area contributed by atoms with Crippen LogP contribution in [0.3, 0.4) is 0 Å². The number of sulfonamides is 1. The summed E-state index contributed by atoms with van der Waals surface area (Å²) in [5.74, 6) is -3.37. The molecular weight excluding hydrogens is 618 g/mol. The number of carbonyl (C=O) groups is 2. The lowest BCUT2D eigenvalue weighted by atomic mass is 9.93. The van der Waals surface area contributed by atoms with Crippen molar-refractivity contribution in [1.82, 2.24) is 9.97 Å².